The number of nitrogens with two attached hydrogens (primary N) is 1. The van der Waals surface area contributed by atoms with Gasteiger partial charge in [-0.2, -0.15) is 0 Å². The Morgan fingerprint density at radius 3 is 2.71 bits per heavy atom. The molecule has 170 valence electrons. The third kappa shape index (κ3) is 4.26. The van der Waals surface area contributed by atoms with Gasteiger partial charge in [-0.05, 0) is 49.1 Å². The second-order valence-corrected chi connectivity index (χ2v) is 7.96. The molecule has 0 fully saturated rings. The number of pyridine rings is 1. The zero-order valence-corrected chi connectivity index (χ0v) is 19.6. The highest BCUT2D eigenvalue weighted by Crippen LogP contribution is 2.38. The highest BCUT2D eigenvalue weighted by atomic mass is 15.2. The van der Waals surface area contributed by atoms with Gasteiger partial charge >= 0.3 is 0 Å². The molecule has 3 aromatic rings. The van der Waals surface area contributed by atoms with Crippen LogP contribution in [-0.2, 0) is 0 Å². The Kier molecular flexibility index (Phi) is 6.42. The van der Waals surface area contributed by atoms with Gasteiger partial charge in [0.05, 0.1) is 17.8 Å². The van der Waals surface area contributed by atoms with Crippen LogP contribution < -0.4 is 16.0 Å². The van der Waals surface area contributed by atoms with Crippen molar-refractivity contribution in [2.75, 3.05) is 22.5 Å². The average Bonchev–Trinajstić information content (AvgIpc) is 2.82. The van der Waals surface area contributed by atoms with Gasteiger partial charge in [0.2, 0.25) is 0 Å². The van der Waals surface area contributed by atoms with E-state index in [2.05, 4.69) is 75.6 Å². The van der Waals surface area contributed by atoms with Crippen LogP contribution in [0.4, 0.5) is 17.3 Å². The van der Waals surface area contributed by atoms with Crippen LogP contribution in [0.25, 0.3) is 11.8 Å². The molecule has 1 aromatic carbocycles. The summed E-state index contributed by atoms with van der Waals surface area (Å²) in [5.41, 5.74) is 13.6. The average molecular weight is 450 g/mol. The molecule has 0 radical (unpaired) electrons. The van der Waals surface area contributed by atoms with Gasteiger partial charge in [-0.25, -0.2) is 9.97 Å². The molecule has 0 saturated carbocycles. The fourth-order valence-corrected chi connectivity index (χ4v) is 4.01. The molecule has 2 aromatic heterocycles. The lowest BCUT2D eigenvalue weighted by Crippen LogP contribution is -2.30. The number of nitrogens with one attached hydrogen (secondary N) is 2. The van der Waals surface area contributed by atoms with Gasteiger partial charge in [0.25, 0.3) is 0 Å². The normalized spacial score (nSPS) is 12.4. The number of aromatic nitrogens is 3. The van der Waals surface area contributed by atoms with E-state index in [4.69, 9.17) is 11.1 Å². The van der Waals surface area contributed by atoms with Crippen LogP contribution in [0.1, 0.15) is 41.3 Å². The Bertz CT molecular complexity index is 1380. The highest BCUT2D eigenvalue weighted by Gasteiger charge is 2.26. The Morgan fingerprint density at radius 1 is 1.15 bits per heavy atom. The van der Waals surface area contributed by atoms with Crippen molar-refractivity contribution >= 4 is 34.8 Å². The summed E-state index contributed by atoms with van der Waals surface area (Å²) in [5.74, 6) is 6.41. The first kappa shape index (κ1) is 22.7. The number of nitrogens with zero attached hydrogens (tertiary/aromatic N) is 4. The molecule has 0 unspecified atom stereocenters. The van der Waals surface area contributed by atoms with Crippen LogP contribution >= 0.6 is 0 Å². The molecule has 1 aliphatic heterocycles. The summed E-state index contributed by atoms with van der Waals surface area (Å²) in [5, 5.41) is 11.7. The second kappa shape index (κ2) is 9.59. The van der Waals surface area contributed by atoms with Crippen LogP contribution in [0.2, 0.25) is 0 Å². The monoisotopic (exact) mass is 449 g/mol. The Labute approximate surface area is 200 Å². The number of fused-ring (bicyclic) bond motifs is 1. The van der Waals surface area contributed by atoms with E-state index in [1.165, 1.54) is 6.33 Å². The highest BCUT2D eigenvalue weighted by molar-refractivity contribution is 6.16. The summed E-state index contributed by atoms with van der Waals surface area (Å²) in [7, 11) is 0. The van der Waals surface area contributed by atoms with E-state index >= 15 is 0 Å². The molecule has 0 bridgehead atoms. The molecule has 34 heavy (non-hydrogen) atoms. The predicted molar refractivity (Wildman–Crippen MR) is 139 cm³/mol. The molecule has 3 heterocycles. The van der Waals surface area contributed by atoms with E-state index in [-0.39, 0.29) is 11.5 Å². The van der Waals surface area contributed by atoms with Crippen molar-refractivity contribution in [2.24, 2.45) is 0 Å². The van der Waals surface area contributed by atoms with Crippen molar-refractivity contribution in [1.82, 2.24) is 15.0 Å². The van der Waals surface area contributed by atoms with Crippen LogP contribution in [0.5, 0.6) is 0 Å². The summed E-state index contributed by atoms with van der Waals surface area (Å²) in [6, 6.07) is 10.2. The summed E-state index contributed by atoms with van der Waals surface area (Å²) >= 11 is 0. The molecule has 0 atom stereocenters. The van der Waals surface area contributed by atoms with Crippen molar-refractivity contribution in [3.05, 3.63) is 83.1 Å². The minimum atomic E-state index is 0.0860. The number of rotatable bonds is 5. The summed E-state index contributed by atoms with van der Waals surface area (Å²) < 4.78 is 0. The summed E-state index contributed by atoms with van der Waals surface area (Å²) in [6.07, 6.45) is 5.90. The third-order valence-electron chi connectivity index (χ3n) is 5.65. The molecule has 7 heteroatoms. The van der Waals surface area contributed by atoms with E-state index in [0.29, 0.717) is 24.3 Å². The second-order valence-electron chi connectivity index (χ2n) is 7.96. The first-order chi connectivity index (χ1) is 16.4. The van der Waals surface area contributed by atoms with Crippen molar-refractivity contribution in [2.45, 2.75) is 27.2 Å². The predicted octanol–water partition coefficient (Wildman–Crippen LogP) is 4.80. The van der Waals surface area contributed by atoms with Crippen molar-refractivity contribution in [1.29, 1.82) is 5.41 Å². The quantitative estimate of drug-likeness (QED) is 0.382. The zero-order chi connectivity index (χ0) is 24.2. The summed E-state index contributed by atoms with van der Waals surface area (Å²) in [4.78, 5) is 15.1. The third-order valence-corrected chi connectivity index (χ3v) is 5.65. The molecule has 7 nitrogen and oxygen atoms in total. The number of anilines is 3. The Hall–Kier alpha value is -4.44. The number of para-hydroxylation sites is 1. The number of aryl methyl sites for hydroxylation is 2. The smallest absolute Gasteiger partial charge is 0.142 e. The first-order valence-electron chi connectivity index (χ1n) is 11.1. The van der Waals surface area contributed by atoms with Crippen molar-refractivity contribution in [3.8, 4) is 11.8 Å². The number of hydrogen-bond acceptors (Lipinski definition) is 7. The molecule has 1 aliphatic rings. The van der Waals surface area contributed by atoms with Gasteiger partial charge in [0, 0.05) is 35.3 Å². The zero-order valence-electron chi connectivity index (χ0n) is 19.6. The van der Waals surface area contributed by atoms with Gasteiger partial charge in [-0.1, -0.05) is 37.6 Å². The Balaban J connectivity index is 1.76. The molecule has 4 rings (SSSR count). The lowest BCUT2D eigenvalue weighted by atomic mass is 9.97. The fraction of sp³-hybridized carbons (Fsp3) is 0.185. The maximum Gasteiger partial charge on any atom is 0.142 e. The van der Waals surface area contributed by atoms with E-state index in [0.717, 1.165) is 39.5 Å². The Morgan fingerprint density at radius 2 is 1.94 bits per heavy atom. The van der Waals surface area contributed by atoms with E-state index < -0.39 is 0 Å². The maximum atomic E-state index is 8.37. The van der Waals surface area contributed by atoms with Gasteiger partial charge in [-0.15, -0.1) is 0 Å². The first-order valence-corrected chi connectivity index (χ1v) is 11.1. The molecular weight excluding hydrogens is 422 g/mol. The van der Waals surface area contributed by atoms with Crippen LogP contribution in [-0.4, -0.2) is 27.2 Å². The molecule has 0 aliphatic carbocycles. The van der Waals surface area contributed by atoms with Crippen molar-refractivity contribution < 1.29 is 0 Å². The number of nitrogen functional groups attached to an aromatic ring is 1. The molecule has 0 amide bonds. The van der Waals surface area contributed by atoms with Gasteiger partial charge in [-0.3, -0.25) is 10.4 Å². The largest absolute Gasteiger partial charge is 0.383 e. The fourth-order valence-electron chi connectivity index (χ4n) is 4.01. The standard InChI is InChI=1S/C27H27N7/c1-5-6-10-21(28)25-26(29)32-16-33-27(25)31-15-20-14-22-24(18(3)12-13-30-22)19(4)34(20)23-11-8-7-9-17(23)2/h7-9,11-14,16,28H,4-5,15H2,1-3H3,(H3,29,31,32,33). The molecule has 4 N–H and O–H groups in total. The molecule has 0 spiro atoms. The molecular formula is C27H27N7. The van der Waals surface area contributed by atoms with Gasteiger partial charge in [0.1, 0.15) is 23.7 Å². The maximum absolute atomic E-state index is 8.37. The number of benzene rings is 1. The minimum Gasteiger partial charge on any atom is -0.383 e. The van der Waals surface area contributed by atoms with Crippen LogP contribution in [0.15, 0.2) is 55.1 Å². The lowest BCUT2D eigenvalue weighted by Gasteiger charge is -2.35. The van der Waals surface area contributed by atoms with E-state index in [1.807, 2.05) is 31.3 Å². The van der Waals surface area contributed by atoms with E-state index in [1.54, 1.807) is 0 Å². The SMILES string of the molecule is C=C1c2c(C)ccnc2C=C(CNc2ncnc(N)c2C(=N)C#CCC)N1c1ccccc1C. The lowest BCUT2D eigenvalue weighted by molar-refractivity contribution is 1.04. The van der Waals surface area contributed by atoms with Crippen molar-refractivity contribution in [3.63, 3.8) is 0 Å². The molecule has 0 saturated heterocycles. The van der Waals surface area contributed by atoms with Gasteiger partial charge < -0.3 is 16.0 Å². The number of hydrogen-bond donors (Lipinski definition) is 3. The van der Waals surface area contributed by atoms with Gasteiger partial charge in [0.15, 0.2) is 0 Å². The minimum absolute atomic E-state index is 0.0860. The van der Waals surface area contributed by atoms with Crippen LogP contribution in [0, 0.1) is 31.1 Å². The van der Waals surface area contributed by atoms with Crippen LogP contribution in [0.3, 0.4) is 0 Å². The van der Waals surface area contributed by atoms with E-state index in [9.17, 15) is 0 Å². The topological polar surface area (TPSA) is 104 Å². The summed E-state index contributed by atoms with van der Waals surface area (Å²) in [6.45, 7) is 10.9.